The van der Waals surface area contributed by atoms with Gasteiger partial charge in [-0.3, -0.25) is 4.79 Å². The van der Waals surface area contributed by atoms with Crippen LogP contribution in [0.1, 0.15) is 26.2 Å². The van der Waals surface area contributed by atoms with E-state index in [-0.39, 0.29) is 18.7 Å². The maximum Gasteiger partial charge on any atom is 0.226 e. The molecule has 1 amide bonds. The Morgan fingerprint density at radius 3 is 2.88 bits per heavy atom. The highest BCUT2D eigenvalue weighted by atomic mass is 32.1. The van der Waals surface area contributed by atoms with Crippen LogP contribution in [0, 0.1) is 5.92 Å². The van der Waals surface area contributed by atoms with E-state index in [0.29, 0.717) is 11.6 Å². The van der Waals surface area contributed by atoms with Crippen LogP contribution >= 0.6 is 11.3 Å². The van der Waals surface area contributed by atoms with Gasteiger partial charge in [-0.2, -0.15) is 0 Å². The predicted octanol–water partition coefficient (Wildman–Crippen LogP) is 0.0329. The Hall–Kier alpha value is -1.50. The molecule has 1 N–H and O–H groups in total. The Morgan fingerprint density at radius 2 is 2.38 bits per heavy atom. The van der Waals surface area contributed by atoms with Crippen molar-refractivity contribution in [3.8, 4) is 0 Å². The molecule has 0 bridgehead atoms. The second-order valence-electron chi connectivity index (χ2n) is 3.25. The molecule has 0 aromatic carbocycles. The molecule has 88 valence electrons. The van der Waals surface area contributed by atoms with Gasteiger partial charge >= 0.3 is 0 Å². The monoisotopic (exact) mass is 242 g/mol. The van der Waals surface area contributed by atoms with Crippen molar-refractivity contribution >= 4 is 28.3 Å². The minimum Gasteiger partial charge on any atom is -0.550 e. The number of hydrogen-bond donors (Lipinski definition) is 1. The summed E-state index contributed by atoms with van der Waals surface area (Å²) in [6.45, 7) is 1.75. The van der Waals surface area contributed by atoms with E-state index in [9.17, 15) is 14.7 Å². The van der Waals surface area contributed by atoms with E-state index in [2.05, 4.69) is 15.5 Å². The largest absolute Gasteiger partial charge is 0.550 e. The van der Waals surface area contributed by atoms with Crippen molar-refractivity contribution in [2.24, 2.45) is 5.92 Å². The van der Waals surface area contributed by atoms with Crippen molar-refractivity contribution in [2.45, 2.75) is 26.2 Å². The van der Waals surface area contributed by atoms with Gasteiger partial charge in [-0.25, -0.2) is 0 Å². The van der Waals surface area contributed by atoms with Crippen LogP contribution in [0.25, 0.3) is 0 Å². The van der Waals surface area contributed by atoms with Gasteiger partial charge in [-0.05, 0) is 18.8 Å². The number of rotatable bonds is 6. The smallest absolute Gasteiger partial charge is 0.226 e. The lowest BCUT2D eigenvalue weighted by molar-refractivity contribution is -0.311. The van der Waals surface area contributed by atoms with Crippen molar-refractivity contribution in [3.05, 3.63) is 5.51 Å². The number of hydrogen-bond acceptors (Lipinski definition) is 6. The molecule has 0 aliphatic rings. The first-order valence-corrected chi connectivity index (χ1v) is 5.78. The molecule has 0 aliphatic heterocycles. The minimum atomic E-state index is -1.11. The SMILES string of the molecule is CCC(CCC(=O)Nc1nncs1)C(=O)[O-]. The van der Waals surface area contributed by atoms with Crippen LogP contribution in [-0.2, 0) is 9.59 Å². The van der Waals surface area contributed by atoms with Crippen molar-refractivity contribution < 1.29 is 14.7 Å². The number of amides is 1. The van der Waals surface area contributed by atoms with Crippen LogP contribution in [-0.4, -0.2) is 22.1 Å². The van der Waals surface area contributed by atoms with Crippen LogP contribution < -0.4 is 10.4 Å². The molecular formula is C9H12N3O3S-. The van der Waals surface area contributed by atoms with E-state index >= 15 is 0 Å². The molecule has 1 atom stereocenters. The predicted molar refractivity (Wildman–Crippen MR) is 56.6 cm³/mol. The molecule has 1 heterocycles. The summed E-state index contributed by atoms with van der Waals surface area (Å²) in [4.78, 5) is 22.0. The third-order valence-corrected chi connectivity index (χ3v) is 2.76. The number of nitrogens with zero attached hydrogens (tertiary/aromatic N) is 2. The van der Waals surface area contributed by atoms with Gasteiger partial charge in [0.15, 0.2) is 0 Å². The topological polar surface area (TPSA) is 95.0 Å². The zero-order valence-electron chi connectivity index (χ0n) is 8.80. The third-order valence-electron chi connectivity index (χ3n) is 2.15. The molecule has 0 saturated heterocycles. The molecule has 0 spiro atoms. The van der Waals surface area contributed by atoms with Gasteiger partial charge in [0.2, 0.25) is 11.0 Å². The second-order valence-corrected chi connectivity index (χ2v) is 4.09. The van der Waals surface area contributed by atoms with Crippen LogP contribution in [0.15, 0.2) is 5.51 Å². The molecular weight excluding hydrogens is 230 g/mol. The highest BCUT2D eigenvalue weighted by Gasteiger charge is 2.11. The fourth-order valence-corrected chi connectivity index (χ4v) is 1.66. The summed E-state index contributed by atoms with van der Waals surface area (Å²) in [6.07, 6.45) is 0.893. The number of carbonyl (C=O) groups excluding carboxylic acids is 2. The van der Waals surface area contributed by atoms with E-state index in [4.69, 9.17) is 0 Å². The quantitative estimate of drug-likeness (QED) is 0.759. The number of aliphatic carboxylic acids is 1. The summed E-state index contributed by atoms with van der Waals surface area (Å²) in [5, 5.41) is 20.8. The van der Waals surface area contributed by atoms with Crippen LogP contribution in [0.5, 0.6) is 0 Å². The number of aromatic nitrogens is 2. The molecule has 1 rings (SSSR count). The van der Waals surface area contributed by atoms with E-state index < -0.39 is 11.9 Å². The van der Waals surface area contributed by atoms with E-state index in [1.54, 1.807) is 6.92 Å². The Bertz CT molecular complexity index is 353. The number of anilines is 1. The molecule has 0 saturated carbocycles. The van der Waals surface area contributed by atoms with Gasteiger partial charge in [-0.1, -0.05) is 18.3 Å². The summed E-state index contributed by atoms with van der Waals surface area (Å²) in [5.41, 5.74) is 1.51. The summed E-state index contributed by atoms with van der Waals surface area (Å²) in [6, 6.07) is 0. The molecule has 0 radical (unpaired) electrons. The van der Waals surface area contributed by atoms with Crippen molar-refractivity contribution in [3.63, 3.8) is 0 Å². The maximum atomic E-state index is 11.4. The molecule has 7 heteroatoms. The average molecular weight is 242 g/mol. The standard InChI is InChI=1S/C9H13N3O3S/c1-2-6(8(14)15)3-4-7(13)11-9-12-10-5-16-9/h5-6H,2-4H2,1H3,(H,14,15)(H,11,12,13)/p-1. The molecule has 1 aromatic rings. The fourth-order valence-electron chi connectivity index (χ4n) is 1.20. The summed E-state index contributed by atoms with van der Waals surface area (Å²) in [7, 11) is 0. The molecule has 0 fully saturated rings. The average Bonchev–Trinajstić information content (AvgIpc) is 2.70. The zero-order chi connectivity index (χ0) is 12.0. The first kappa shape index (κ1) is 12.6. The van der Waals surface area contributed by atoms with Crippen LogP contribution in [0.3, 0.4) is 0 Å². The van der Waals surface area contributed by atoms with Gasteiger partial charge in [0, 0.05) is 12.4 Å². The first-order valence-electron chi connectivity index (χ1n) is 4.90. The molecule has 1 aromatic heterocycles. The van der Waals surface area contributed by atoms with Crippen molar-refractivity contribution in [2.75, 3.05) is 5.32 Å². The molecule has 6 nitrogen and oxygen atoms in total. The third kappa shape index (κ3) is 3.93. The van der Waals surface area contributed by atoms with Gasteiger partial charge in [0.05, 0.1) is 0 Å². The molecule has 0 aliphatic carbocycles. The number of carboxylic acids is 1. The summed E-state index contributed by atoms with van der Waals surface area (Å²) < 4.78 is 0. The molecule has 1 unspecified atom stereocenters. The first-order chi connectivity index (χ1) is 7.63. The highest BCUT2D eigenvalue weighted by Crippen LogP contribution is 2.12. The summed E-state index contributed by atoms with van der Waals surface area (Å²) >= 11 is 1.21. The molecule has 16 heavy (non-hydrogen) atoms. The van der Waals surface area contributed by atoms with Crippen LogP contribution in [0.4, 0.5) is 5.13 Å². The second kappa shape index (κ2) is 6.16. The van der Waals surface area contributed by atoms with E-state index in [1.807, 2.05) is 0 Å². The van der Waals surface area contributed by atoms with Crippen LogP contribution in [0.2, 0.25) is 0 Å². The van der Waals surface area contributed by atoms with E-state index in [1.165, 1.54) is 16.8 Å². The minimum absolute atomic E-state index is 0.145. The van der Waals surface area contributed by atoms with Gasteiger partial charge in [0.25, 0.3) is 0 Å². The van der Waals surface area contributed by atoms with Crippen molar-refractivity contribution in [1.82, 2.24) is 10.2 Å². The Balaban J connectivity index is 2.32. The Labute approximate surface area is 96.7 Å². The van der Waals surface area contributed by atoms with Gasteiger partial charge < -0.3 is 15.2 Å². The normalized spacial score (nSPS) is 12.1. The van der Waals surface area contributed by atoms with Gasteiger partial charge in [0.1, 0.15) is 5.51 Å². The Morgan fingerprint density at radius 1 is 1.62 bits per heavy atom. The number of carboxylic acid groups (broad SMARTS) is 1. The van der Waals surface area contributed by atoms with E-state index in [0.717, 1.165) is 0 Å². The maximum absolute atomic E-state index is 11.4. The lowest BCUT2D eigenvalue weighted by Gasteiger charge is -2.14. The highest BCUT2D eigenvalue weighted by molar-refractivity contribution is 7.13. The zero-order valence-corrected chi connectivity index (χ0v) is 9.62. The number of nitrogens with one attached hydrogen (secondary N) is 1. The number of carbonyl (C=O) groups is 2. The van der Waals surface area contributed by atoms with Crippen molar-refractivity contribution in [1.29, 1.82) is 0 Å². The summed E-state index contributed by atoms with van der Waals surface area (Å²) in [5.74, 6) is -1.93. The lowest BCUT2D eigenvalue weighted by Crippen LogP contribution is -2.31. The Kier molecular flexibility index (Phi) is 4.84. The van der Waals surface area contributed by atoms with Gasteiger partial charge in [-0.15, -0.1) is 10.2 Å². The fraction of sp³-hybridized carbons (Fsp3) is 0.556. The lowest BCUT2D eigenvalue weighted by atomic mass is 10.0.